The Morgan fingerprint density at radius 1 is 1.37 bits per heavy atom. The molecule has 0 fully saturated rings. The minimum absolute atomic E-state index is 0.0645. The first-order valence-electron chi connectivity index (χ1n) is 5.64. The van der Waals surface area contributed by atoms with Gasteiger partial charge < -0.3 is 19.9 Å². The number of rotatable bonds is 6. The Hall–Kier alpha value is -2.05. The van der Waals surface area contributed by atoms with Crippen molar-refractivity contribution in [3.63, 3.8) is 0 Å². The van der Waals surface area contributed by atoms with Crippen molar-refractivity contribution < 1.29 is 29.0 Å². The molecule has 0 saturated carbocycles. The van der Waals surface area contributed by atoms with Gasteiger partial charge in [0, 0.05) is 0 Å². The standard InChI is InChI=1S/C12H19NO6/c1-5-6-18-10(16)8(7-9(14)15)13-11(17)19-12(2,3)4/h5,8H,1,6-7H2,2-4H3,(H,13,17)(H,14,15)/t8-/m0/s1. The lowest BCUT2D eigenvalue weighted by atomic mass is 10.2. The van der Waals surface area contributed by atoms with Crippen molar-refractivity contribution in [3.8, 4) is 0 Å². The SMILES string of the molecule is C=CCOC(=O)[C@H](CC(=O)O)NC(=O)OC(C)(C)C. The van der Waals surface area contributed by atoms with Gasteiger partial charge >= 0.3 is 18.0 Å². The van der Waals surface area contributed by atoms with Crippen molar-refractivity contribution in [1.82, 2.24) is 5.32 Å². The van der Waals surface area contributed by atoms with E-state index in [1.807, 2.05) is 0 Å². The van der Waals surface area contributed by atoms with Gasteiger partial charge in [-0.05, 0) is 20.8 Å². The maximum Gasteiger partial charge on any atom is 0.408 e. The summed E-state index contributed by atoms with van der Waals surface area (Å²) in [6.45, 7) is 8.24. The molecule has 0 aromatic heterocycles. The molecular formula is C12H19NO6. The van der Waals surface area contributed by atoms with E-state index in [0.29, 0.717) is 0 Å². The van der Waals surface area contributed by atoms with Gasteiger partial charge in [-0.2, -0.15) is 0 Å². The quantitative estimate of drug-likeness (QED) is 0.554. The molecule has 0 aliphatic rings. The van der Waals surface area contributed by atoms with E-state index < -0.39 is 36.1 Å². The van der Waals surface area contributed by atoms with E-state index in [-0.39, 0.29) is 6.61 Å². The van der Waals surface area contributed by atoms with Gasteiger partial charge in [0.2, 0.25) is 0 Å². The first-order valence-corrected chi connectivity index (χ1v) is 5.64. The number of carbonyl (C=O) groups is 3. The van der Waals surface area contributed by atoms with Gasteiger partial charge in [-0.1, -0.05) is 12.7 Å². The van der Waals surface area contributed by atoms with E-state index in [9.17, 15) is 14.4 Å². The first-order chi connectivity index (χ1) is 8.65. The monoisotopic (exact) mass is 273 g/mol. The molecule has 0 heterocycles. The molecule has 0 unspecified atom stereocenters. The van der Waals surface area contributed by atoms with Crippen LogP contribution >= 0.6 is 0 Å². The molecule has 7 nitrogen and oxygen atoms in total. The summed E-state index contributed by atoms with van der Waals surface area (Å²) in [5.41, 5.74) is -0.747. The van der Waals surface area contributed by atoms with E-state index in [1.54, 1.807) is 20.8 Å². The zero-order valence-corrected chi connectivity index (χ0v) is 11.3. The lowest BCUT2D eigenvalue weighted by Gasteiger charge is -2.22. The molecule has 0 aromatic rings. The van der Waals surface area contributed by atoms with Crippen LogP contribution in [0, 0.1) is 0 Å². The average Bonchev–Trinajstić information content (AvgIpc) is 2.21. The highest BCUT2D eigenvalue weighted by Gasteiger charge is 2.27. The molecule has 0 spiro atoms. The minimum Gasteiger partial charge on any atom is -0.481 e. The Bertz CT molecular complexity index is 358. The lowest BCUT2D eigenvalue weighted by molar-refractivity contribution is -0.149. The molecule has 0 aliphatic heterocycles. The summed E-state index contributed by atoms with van der Waals surface area (Å²) in [7, 11) is 0. The lowest BCUT2D eigenvalue weighted by Crippen LogP contribution is -2.45. The smallest absolute Gasteiger partial charge is 0.408 e. The Labute approximate surface area is 111 Å². The van der Waals surface area contributed by atoms with Crippen molar-refractivity contribution in [2.24, 2.45) is 0 Å². The number of amides is 1. The molecule has 2 N–H and O–H groups in total. The number of aliphatic carboxylic acids is 1. The van der Waals surface area contributed by atoms with Crippen LogP contribution in [0.5, 0.6) is 0 Å². The summed E-state index contributed by atoms with van der Waals surface area (Å²) in [5.74, 6) is -2.09. The molecule has 1 amide bonds. The third-order valence-corrected chi connectivity index (χ3v) is 1.70. The molecule has 19 heavy (non-hydrogen) atoms. The molecule has 0 radical (unpaired) electrons. The summed E-state index contributed by atoms with van der Waals surface area (Å²) in [6.07, 6.45) is -0.132. The van der Waals surface area contributed by atoms with Crippen LogP contribution in [0.15, 0.2) is 12.7 Å². The van der Waals surface area contributed by atoms with Gasteiger partial charge in [0.05, 0.1) is 6.42 Å². The Morgan fingerprint density at radius 2 is 1.95 bits per heavy atom. The second kappa shape index (κ2) is 7.40. The van der Waals surface area contributed by atoms with Crippen molar-refractivity contribution in [1.29, 1.82) is 0 Å². The molecule has 0 bridgehead atoms. The van der Waals surface area contributed by atoms with Gasteiger partial charge in [0.25, 0.3) is 0 Å². The fraction of sp³-hybridized carbons (Fsp3) is 0.583. The summed E-state index contributed by atoms with van der Waals surface area (Å²) >= 11 is 0. The molecular weight excluding hydrogens is 254 g/mol. The summed E-state index contributed by atoms with van der Waals surface area (Å²) in [6, 6.07) is -1.30. The molecule has 0 rings (SSSR count). The first kappa shape index (κ1) is 16.9. The van der Waals surface area contributed by atoms with E-state index in [1.165, 1.54) is 6.08 Å². The molecule has 0 aromatic carbocycles. The van der Waals surface area contributed by atoms with Gasteiger partial charge in [0.1, 0.15) is 18.2 Å². The number of carbonyl (C=O) groups excluding carboxylic acids is 2. The minimum atomic E-state index is -1.30. The van der Waals surface area contributed by atoms with Gasteiger partial charge in [0.15, 0.2) is 0 Å². The third kappa shape index (κ3) is 8.64. The molecule has 0 aliphatic carbocycles. The van der Waals surface area contributed by atoms with Crippen LogP contribution in [0.2, 0.25) is 0 Å². The van der Waals surface area contributed by atoms with Crippen LogP contribution in [-0.2, 0) is 19.1 Å². The summed E-state index contributed by atoms with van der Waals surface area (Å²) in [5, 5.41) is 10.8. The summed E-state index contributed by atoms with van der Waals surface area (Å²) < 4.78 is 9.63. The Kier molecular flexibility index (Phi) is 6.60. The van der Waals surface area contributed by atoms with Crippen LogP contribution in [0.4, 0.5) is 4.79 Å². The normalized spacial score (nSPS) is 12.2. The number of alkyl carbamates (subject to hydrolysis) is 1. The van der Waals surface area contributed by atoms with Crippen LogP contribution in [0.1, 0.15) is 27.2 Å². The molecule has 0 saturated heterocycles. The largest absolute Gasteiger partial charge is 0.481 e. The predicted octanol–water partition coefficient (Wildman–Crippen LogP) is 1.08. The Morgan fingerprint density at radius 3 is 2.37 bits per heavy atom. The molecule has 7 heteroatoms. The zero-order valence-electron chi connectivity index (χ0n) is 11.3. The second-order valence-electron chi connectivity index (χ2n) is 4.72. The highest BCUT2D eigenvalue weighted by Crippen LogP contribution is 2.07. The Balaban J connectivity index is 4.58. The molecule has 108 valence electrons. The second-order valence-corrected chi connectivity index (χ2v) is 4.72. The van der Waals surface area contributed by atoms with E-state index in [0.717, 1.165) is 0 Å². The maximum absolute atomic E-state index is 11.5. The van der Waals surface area contributed by atoms with Crippen LogP contribution in [-0.4, -0.2) is 41.4 Å². The topological polar surface area (TPSA) is 102 Å². The summed E-state index contributed by atoms with van der Waals surface area (Å²) in [4.78, 5) is 33.6. The fourth-order valence-electron chi connectivity index (χ4n) is 1.06. The highest BCUT2D eigenvalue weighted by molar-refractivity contribution is 5.85. The van der Waals surface area contributed by atoms with Crippen molar-refractivity contribution in [2.75, 3.05) is 6.61 Å². The van der Waals surface area contributed by atoms with Crippen molar-refractivity contribution in [2.45, 2.75) is 38.8 Å². The predicted molar refractivity (Wildman–Crippen MR) is 66.6 cm³/mol. The van der Waals surface area contributed by atoms with Crippen molar-refractivity contribution >= 4 is 18.0 Å². The van der Waals surface area contributed by atoms with E-state index in [2.05, 4.69) is 11.9 Å². The highest BCUT2D eigenvalue weighted by atomic mass is 16.6. The molecule has 1 atom stereocenters. The van der Waals surface area contributed by atoms with E-state index in [4.69, 9.17) is 14.6 Å². The number of carboxylic acid groups (broad SMARTS) is 1. The fourth-order valence-corrected chi connectivity index (χ4v) is 1.06. The average molecular weight is 273 g/mol. The van der Waals surface area contributed by atoms with Crippen molar-refractivity contribution in [3.05, 3.63) is 12.7 Å². The van der Waals surface area contributed by atoms with Crippen LogP contribution in [0.25, 0.3) is 0 Å². The number of carboxylic acids is 1. The maximum atomic E-state index is 11.5. The third-order valence-electron chi connectivity index (χ3n) is 1.70. The van der Waals surface area contributed by atoms with Crippen LogP contribution in [0.3, 0.4) is 0 Å². The zero-order chi connectivity index (χ0) is 15.1. The van der Waals surface area contributed by atoms with Gasteiger partial charge in [-0.3, -0.25) is 4.79 Å². The number of nitrogens with one attached hydrogen (secondary N) is 1. The van der Waals surface area contributed by atoms with Gasteiger partial charge in [-0.25, -0.2) is 9.59 Å². The number of hydrogen-bond acceptors (Lipinski definition) is 5. The van der Waals surface area contributed by atoms with Gasteiger partial charge in [-0.15, -0.1) is 0 Å². The number of hydrogen-bond donors (Lipinski definition) is 2. The number of ether oxygens (including phenoxy) is 2. The van der Waals surface area contributed by atoms with E-state index >= 15 is 0 Å². The van der Waals surface area contributed by atoms with Crippen LogP contribution < -0.4 is 5.32 Å². The number of esters is 1.